The van der Waals surface area contributed by atoms with E-state index in [0.29, 0.717) is 12.8 Å². The summed E-state index contributed by atoms with van der Waals surface area (Å²) < 4.78 is 5.18. The Morgan fingerprint density at radius 1 is 1.08 bits per heavy atom. The molecule has 0 saturated carbocycles. The number of aromatic amines is 1. The lowest BCUT2D eigenvalue weighted by molar-refractivity contribution is -0.121. The van der Waals surface area contributed by atoms with E-state index >= 15 is 0 Å². The van der Waals surface area contributed by atoms with Crippen LogP contribution in [0.2, 0.25) is 0 Å². The van der Waals surface area contributed by atoms with Crippen molar-refractivity contribution in [1.29, 1.82) is 0 Å². The minimum atomic E-state index is -0.0262. The van der Waals surface area contributed by atoms with Crippen molar-refractivity contribution in [3.05, 3.63) is 72.3 Å². The monoisotopic (exact) mass is 334 g/mol. The van der Waals surface area contributed by atoms with E-state index in [1.807, 2.05) is 43.3 Å². The van der Waals surface area contributed by atoms with Crippen LogP contribution < -0.4 is 4.74 Å². The normalized spacial score (nSPS) is 11.9. The maximum absolute atomic E-state index is 12.4. The Hall–Kier alpha value is -2.88. The Morgan fingerprint density at radius 2 is 1.72 bits per heavy atom. The van der Waals surface area contributed by atoms with Crippen LogP contribution in [0.4, 0.5) is 0 Å². The zero-order valence-corrected chi connectivity index (χ0v) is 14.5. The highest BCUT2D eigenvalue weighted by molar-refractivity contribution is 5.83. The lowest BCUT2D eigenvalue weighted by Gasteiger charge is -2.10. The van der Waals surface area contributed by atoms with E-state index in [1.165, 1.54) is 0 Å². The number of H-pyrrole nitrogens is 1. The molecule has 0 saturated heterocycles. The van der Waals surface area contributed by atoms with E-state index in [4.69, 9.17) is 4.74 Å². The molecule has 1 N–H and O–H groups in total. The van der Waals surface area contributed by atoms with E-state index in [2.05, 4.69) is 22.1 Å². The van der Waals surface area contributed by atoms with Crippen LogP contribution in [-0.2, 0) is 17.6 Å². The van der Waals surface area contributed by atoms with Gasteiger partial charge < -0.3 is 9.72 Å². The van der Waals surface area contributed by atoms with Crippen molar-refractivity contribution in [1.82, 2.24) is 9.97 Å². The summed E-state index contributed by atoms with van der Waals surface area (Å²) in [6.45, 7) is 1.97. The first-order valence-corrected chi connectivity index (χ1v) is 8.39. The third kappa shape index (κ3) is 4.35. The van der Waals surface area contributed by atoms with Crippen LogP contribution in [0.3, 0.4) is 0 Å². The summed E-state index contributed by atoms with van der Waals surface area (Å²) in [5.41, 5.74) is 4.30. The minimum Gasteiger partial charge on any atom is -0.497 e. The predicted octanol–water partition coefficient (Wildman–Crippen LogP) is 4.08. The molecule has 128 valence electrons. The van der Waals surface area contributed by atoms with Crippen LogP contribution in [-0.4, -0.2) is 22.9 Å². The molecule has 0 aliphatic heterocycles. The summed E-state index contributed by atoms with van der Waals surface area (Å²) in [5, 5.41) is 0. The summed E-state index contributed by atoms with van der Waals surface area (Å²) in [5.74, 6) is 1.06. The fourth-order valence-corrected chi connectivity index (χ4v) is 2.81. The van der Waals surface area contributed by atoms with Crippen LogP contribution in [0.15, 0.2) is 61.1 Å². The highest BCUT2D eigenvalue weighted by atomic mass is 16.5. The third-order valence-electron chi connectivity index (χ3n) is 4.39. The summed E-state index contributed by atoms with van der Waals surface area (Å²) in [7, 11) is 1.66. The van der Waals surface area contributed by atoms with Crippen LogP contribution >= 0.6 is 0 Å². The molecule has 4 nitrogen and oxygen atoms in total. The van der Waals surface area contributed by atoms with Crippen LogP contribution in [0.25, 0.3) is 11.1 Å². The molecule has 3 rings (SSSR count). The summed E-state index contributed by atoms with van der Waals surface area (Å²) in [6, 6.07) is 16.1. The van der Waals surface area contributed by atoms with E-state index in [0.717, 1.165) is 28.1 Å². The molecule has 0 fully saturated rings. The number of benzene rings is 2. The number of Topliss-reactive ketones (excluding diaryl/α,β-unsaturated/α-hetero) is 1. The number of hydrogen-bond donors (Lipinski definition) is 1. The smallest absolute Gasteiger partial charge is 0.140 e. The second kappa shape index (κ2) is 7.79. The average Bonchev–Trinajstić information content (AvgIpc) is 3.15. The van der Waals surface area contributed by atoms with Gasteiger partial charge in [-0.1, -0.05) is 43.3 Å². The van der Waals surface area contributed by atoms with Crippen LogP contribution in [0.5, 0.6) is 5.75 Å². The molecule has 1 aromatic heterocycles. The highest BCUT2D eigenvalue weighted by Crippen LogP contribution is 2.23. The largest absolute Gasteiger partial charge is 0.497 e. The number of ketones is 1. The molecule has 0 amide bonds. The third-order valence-corrected chi connectivity index (χ3v) is 4.39. The lowest BCUT2D eigenvalue weighted by atomic mass is 9.94. The maximum atomic E-state index is 12.4. The molecule has 0 bridgehead atoms. The van der Waals surface area contributed by atoms with E-state index in [1.54, 1.807) is 19.6 Å². The number of rotatable bonds is 7. The molecule has 0 radical (unpaired) electrons. The van der Waals surface area contributed by atoms with E-state index < -0.39 is 0 Å². The molecule has 4 heteroatoms. The van der Waals surface area contributed by atoms with Gasteiger partial charge in [0.05, 0.1) is 13.4 Å². The molecule has 1 heterocycles. The first kappa shape index (κ1) is 17.0. The quantitative estimate of drug-likeness (QED) is 0.708. The van der Waals surface area contributed by atoms with Crippen LogP contribution in [0, 0.1) is 5.92 Å². The number of carbonyl (C=O) groups excluding carboxylic acids is 1. The van der Waals surface area contributed by atoms with Gasteiger partial charge in [-0.15, -0.1) is 0 Å². The number of hydrogen-bond acceptors (Lipinski definition) is 3. The molecular weight excluding hydrogens is 312 g/mol. The van der Waals surface area contributed by atoms with Gasteiger partial charge in [0, 0.05) is 24.2 Å². The van der Waals surface area contributed by atoms with Crippen molar-refractivity contribution in [3.63, 3.8) is 0 Å². The Morgan fingerprint density at radius 3 is 2.28 bits per heavy atom. The van der Waals surface area contributed by atoms with Crippen molar-refractivity contribution >= 4 is 5.78 Å². The number of carbonyl (C=O) groups is 1. The molecule has 0 aliphatic rings. The fourth-order valence-electron chi connectivity index (χ4n) is 2.81. The zero-order valence-electron chi connectivity index (χ0n) is 14.5. The van der Waals surface area contributed by atoms with Crippen molar-refractivity contribution in [3.8, 4) is 16.9 Å². The summed E-state index contributed by atoms with van der Waals surface area (Å²) in [4.78, 5) is 19.5. The van der Waals surface area contributed by atoms with Crippen LogP contribution in [0.1, 0.15) is 18.2 Å². The van der Waals surface area contributed by atoms with E-state index in [-0.39, 0.29) is 11.7 Å². The van der Waals surface area contributed by atoms with Gasteiger partial charge in [0.25, 0.3) is 0 Å². The van der Waals surface area contributed by atoms with Gasteiger partial charge in [-0.3, -0.25) is 4.79 Å². The SMILES string of the molecule is COc1ccc(-c2ccc(CC(=O)C(C)Cc3cnc[nH]3)cc2)cc1. The van der Waals surface area contributed by atoms with Gasteiger partial charge in [0.2, 0.25) is 0 Å². The molecule has 1 atom stereocenters. The lowest BCUT2D eigenvalue weighted by Crippen LogP contribution is -2.16. The summed E-state index contributed by atoms with van der Waals surface area (Å²) >= 11 is 0. The minimum absolute atomic E-state index is 0.0262. The van der Waals surface area contributed by atoms with Gasteiger partial charge in [-0.2, -0.15) is 0 Å². The second-order valence-corrected chi connectivity index (χ2v) is 6.25. The van der Waals surface area contributed by atoms with Crippen molar-refractivity contribution in [2.24, 2.45) is 5.92 Å². The number of ether oxygens (including phenoxy) is 1. The van der Waals surface area contributed by atoms with Gasteiger partial charge >= 0.3 is 0 Å². The Labute approximate surface area is 147 Å². The molecular formula is C21H22N2O2. The molecule has 0 aliphatic carbocycles. The van der Waals surface area contributed by atoms with Crippen molar-refractivity contribution in [2.75, 3.05) is 7.11 Å². The standard InChI is InChI=1S/C21H22N2O2/c1-15(11-19-13-22-14-23-19)21(24)12-16-3-5-17(6-4-16)18-7-9-20(25-2)10-8-18/h3-10,13-15H,11-12H2,1-2H3,(H,22,23). The van der Waals surface area contributed by atoms with Gasteiger partial charge in [-0.25, -0.2) is 4.98 Å². The Kier molecular flexibility index (Phi) is 5.29. The molecule has 3 aromatic rings. The Balaban J connectivity index is 1.62. The molecule has 2 aromatic carbocycles. The number of methoxy groups -OCH3 is 1. The predicted molar refractivity (Wildman–Crippen MR) is 98.6 cm³/mol. The summed E-state index contributed by atoms with van der Waals surface area (Å²) in [6.07, 6.45) is 4.57. The van der Waals surface area contributed by atoms with Crippen molar-refractivity contribution < 1.29 is 9.53 Å². The topological polar surface area (TPSA) is 55.0 Å². The molecule has 0 spiro atoms. The maximum Gasteiger partial charge on any atom is 0.140 e. The van der Waals surface area contributed by atoms with Gasteiger partial charge in [0.15, 0.2) is 0 Å². The van der Waals surface area contributed by atoms with Crippen molar-refractivity contribution in [2.45, 2.75) is 19.8 Å². The van der Waals surface area contributed by atoms with Gasteiger partial charge in [0.1, 0.15) is 11.5 Å². The number of aromatic nitrogens is 2. The highest BCUT2D eigenvalue weighted by Gasteiger charge is 2.15. The Bertz CT molecular complexity index is 806. The molecule has 25 heavy (non-hydrogen) atoms. The van der Waals surface area contributed by atoms with Gasteiger partial charge in [-0.05, 0) is 35.2 Å². The number of imidazole rings is 1. The number of nitrogens with one attached hydrogen (secondary N) is 1. The number of nitrogens with zero attached hydrogens (tertiary/aromatic N) is 1. The van der Waals surface area contributed by atoms with E-state index in [9.17, 15) is 4.79 Å². The zero-order chi connectivity index (χ0) is 17.6. The average molecular weight is 334 g/mol. The first-order valence-electron chi connectivity index (χ1n) is 8.39. The fraction of sp³-hybridized carbons (Fsp3) is 0.238. The first-order chi connectivity index (χ1) is 12.2. The second-order valence-electron chi connectivity index (χ2n) is 6.25. The molecule has 1 unspecified atom stereocenters.